The average molecular weight is 428 g/mol. The molecular formula is C20H20N4O5S. The van der Waals surface area contributed by atoms with E-state index in [1.165, 1.54) is 41.1 Å². The van der Waals surface area contributed by atoms with Gasteiger partial charge in [-0.15, -0.1) is 11.3 Å². The number of fused-ring (bicyclic) bond motifs is 3. The Labute approximate surface area is 175 Å². The van der Waals surface area contributed by atoms with Gasteiger partial charge >= 0.3 is 0 Å². The van der Waals surface area contributed by atoms with Crippen molar-refractivity contribution in [3.63, 3.8) is 0 Å². The first kappa shape index (κ1) is 20.0. The number of amides is 1. The first-order chi connectivity index (χ1) is 14.4. The third kappa shape index (κ3) is 3.65. The number of nitro benzene ring substituents is 1. The molecule has 4 rings (SSSR count). The molecule has 0 radical (unpaired) electrons. The number of aromatic nitrogens is 2. The van der Waals surface area contributed by atoms with Gasteiger partial charge in [-0.25, -0.2) is 4.98 Å². The summed E-state index contributed by atoms with van der Waals surface area (Å²) in [6.45, 7) is 1.91. The zero-order valence-electron chi connectivity index (χ0n) is 16.5. The summed E-state index contributed by atoms with van der Waals surface area (Å²) in [4.78, 5) is 42.5. The SMILES string of the molecule is COc1ccc(NC(=O)Cn2cnc3sc4c(c3c2=O)CC[C@@H](C)C4)c([N+](=O)[O-])c1. The van der Waals surface area contributed by atoms with Gasteiger partial charge in [0, 0.05) is 4.88 Å². The predicted octanol–water partition coefficient (Wildman–Crippen LogP) is 3.14. The molecule has 0 spiro atoms. The Morgan fingerprint density at radius 2 is 2.27 bits per heavy atom. The summed E-state index contributed by atoms with van der Waals surface area (Å²) < 4.78 is 6.24. The van der Waals surface area contributed by atoms with E-state index in [2.05, 4.69) is 17.2 Å². The highest BCUT2D eigenvalue weighted by atomic mass is 32.1. The number of aryl methyl sites for hydroxylation is 1. The van der Waals surface area contributed by atoms with Crippen LogP contribution in [0.2, 0.25) is 0 Å². The lowest BCUT2D eigenvalue weighted by Crippen LogP contribution is -2.28. The van der Waals surface area contributed by atoms with Crippen LogP contribution in [0.5, 0.6) is 5.75 Å². The summed E-state index contributed by atoms with van der Waals surface area (Å²) in [7, 11) is 1.40. The fourth-order valence-corrected chi connectivity index (χ4v) is 5.06. The lowest BCUT2D eigenvalue weighted by atomic mass is 9.89. The van der Waals surface area contributed by atoms with Crippen LogP contribution in [0, 0.1) is 16.0 Å². The molecule has 0 saturated heterocycles. The summed E-state index contributed by atoms with van der Waals surface area (Å²) in [6, 6.07) is 4.14. The second-order valence-corrected chi connectivity index (χ2v) is 8.48. The molecule has 2 aromatic heterocycles. The van der Waals surface area contributed by atoms with Gasteiger partial charge in [-0.05, 0) is 42.9 Å². The van der Waals surface area contributed by atoms with E-state index in [1.807, 2.05) is 0 Å². The number of thiophene rings is 1. The summed E-state index contributed by atoms with van der Waals surface area (Å²) in [5, 5.41) is 14.4. The lowest BCUT2D eigenvalue weighted by Gasteiger charge is -2.17. The Morgan fingerprint density at radius 1 is 1.47 bits per heavy atom. The molecule has 1 amide bonds. The molecular weight excluding hydrogens is 408 g/mol. The zero-order chi connectivity index (χ0) is 21.4. The maximum atomic E-state index is 13.0. The molecule has 1 aromatic carbocycles. The Hall–Kier alpha value is -3.27. The summed E-state index contributed by atoms with van der Waals surface area (Å²) in [6.07, 6.45) is 4.16. The monoisotopic (exact) mass is 428 g/mol. The molecule has 0 fully saturated rings. The van der Waals surface area contributed by atoms with Gasteiger partial charge in [-0.2, -0.15) is 0 Å². The van der Waals surface area contributed by atoms with E-state index in [9.17, 15) is 19.7 Å². The van der Waals surface area contributed by atoms with E-state index >= 15 is 0 Å². The number of rotatable bonds is 5. The van der Waals surface area contributed by atoms with E-state index in [0.717, 1.165) is 24.8 Å². The fourth-order valence-electron chi connectivity index (χ4n) is 3.72. The molecule has 0 saturated carbocycles. The second-order valence-electron chi connectivity index (χ2n) is 7.40. The van der Waals surface area contributed by atoms with E-state index < -0.39 is 10.8 Å². The van der Waals surface area contributed by atoms with E-state index in [-0.39, 0.29) is 23.5 Å². The molecule has 30 heavy (non-hydrogen) atoms. The van der Waals surface area contributed by atoms with Gasteiger partial charge in [-0.1, -0.05) is 6.92 Å². The molecule has 0 bridgehead atoms. The van der Waals surface area contributed by atoms with Crippen LogP contribution in [0.25, 0.3) is 10.2 Å². The smallest absolute Gasteiger partial charge is 0.296 e. The van der Waals surface area contributed by atoms with Crippen LogP contribution in [-0.4, -0.2) is 27.5 Å². The highest BCUT2D eigenvalue weighted by molar-refractivity contribution is 7.18. The zero-order valence-corrected chi connectivity index (χ0v) is 17.3. The molecule has 1 atom stereocenters. The minimum atomic E-state index is -0.601. The highest BCUT2D eigenvalue weighted by Gasteiger charge is 2.24. The van der Waals surface area contributed by atoms with E-state index in [4.69, 9.17) is 4.74 Å². The van der Waals surface area contributed by atoms with Gasteiger partial charge in [-0.3, -0.25) is 24.3 Å². The van der Waals surface area contributed by atoms with Crippen molar-refractivity contribution >= 4 is 38.8 Å². The van der Waals surface area contributed by atoms with Crippen molar-refractivity contribution in [2.24, 2.45) is 5.92 Å². The Balaban J connectivity index is 1.61. The number of hydrogen-bond donors (Lipinski definition) is 1. The largest absolute Gasteiger partial charge is 0.496 e. The Bertz CT molecular complexity index is 1220. The Kier molecular flexibility index (Phi) is 5.25. The molecule has 3 aromatic rings. The number of nitrogens with one attached hydrogen (secondary N) is 1. The van der Waals surface area contributed by atoms with Crippen LogP contribution in [0.4, 0.5) is 11.4 Å². The van der Waals surface area contributed by atoms with Crippen molar-refractivity contribution in [1.82, 2.24) is 9.55 Å². The van der Waals surface area contributed by atoms with Crippen LogP contribution in [-0.2, 0) is 24.2 Å². The summed E-state index contributed by atoms with van der Waals surface area (Å²) in [5.74, 6) is 0.338. The van der Waals surface area contributed by atoms with Crippen LogP contribution in [0.3, 0.4) is 0 Å². The maximum absolute atomic E-state index is 13.0. The highest BCUT2D eigenvalue weighted by Crippen LogP contribution is 2.35. The van der Waals surface area contributed by atoms with E-state index in [1.54, 1.807) is 11.3 Å². The van der Waals surface area contributed by atoms with Gasteiger partial charge in [0.1, 0.15) is 22.8 Å². The normalized spacial score (nSPS) is 15.6. The number of benzene rings is 1. The van der Waals surface area contributed by atoms with Crippen LogP contribution in [0.15, 0.2) is 29.3 Å². The van der Waals surface area contributed by atoms with Gasteiger partial charge in [0.2, 0.25) is 5.91 Å². The quantitative estimate of drug-likeness (QED) is 0.493. The molecule has 9 nitrogen and oxygen atoms in total. The molecule has 1 aliphatic rings. The van der Waals surface area contributed by atoms with Crippen molar-refractivity contribution in [3.05, 3.63) is 55.4 Å². The van der Waals surface area contributed by atoms with Crippen molar-refractivity contribution in [2.45, 2.75) is 32.7 Å². The minimum Gasteiger partial charge on any atom is -0.496 e. The van der Waals surface area contributed by atoms with Crippen LogP contribution >= 0.6 is 11.3 Å². The molecule has 0 aliphatic heterocycles. The minimum absolute atomic E-state index is 0.0368. The number of nitro groups is 1. The second kappa shape index (κ2) is 7.86. The van der Waals surface area contributed by atoms with Crippen molar-refractivity contribution in [1.29, 1.82) is 0 Å². The van der Waals surface area contributed by atoms with Crippen molar-refractivity contribution < 1.29 is 14.5 Å². The van der Waals surface area contributed by atoms with Gasteiger partial charge < -0.3 is 10.1 Å². The predicted molar refractivity (Wildman–Crippen MR) is 113 cm³/mol. The lowest BCUT2D eigenvalue weighted by molar-refractivity contribution is -0.384. The number of methoxy groups -OCH3 is 1. The number of anilines is 1. The summed E-state index contributed by atoms with van der Waals surface area (Å²) >= 11 is 1.54. The van der Waals surface area contributed by atoms with Crippen molar-refractivity contribution in [2.75, 3.05) is 12.4 Å². The van der Waals surface area contributed by atoms with Crippen molar-refractivity contribution in [3.8, 4) is 5.75 Å². The van der Waals surface area contributed by atoms with E-state index in [0.29, 0.717) is 21.9 Å². The number of carbonyl (C=O) groups is 1. The molecule has 156 valence electrons. The van der Waals surface area contributed by atoms with Gasteiger partial charge in [0.15, 0.2) is 0 Å². The molecule has 10 heteroatoms. The third-order valence-electron chi connectivity index (χ3n) is 5.27. The topological polar surface area (TPSA) is 116 Å². The fraction of sp³-hybridized carbons (Fsp3) is 0.350. The van der Waals surface area contributed by atoms with Gasteiger partial charge in [0.25, 0.3) is 11.2 Å². The van der Waals surface area contributed by atoms with Crippen LogP contribution < -0.4 is 15.6 Å². The maximum Gasteiger partial charge on any atom is 0.296 e. The molecule has 0 unspecified atom stereocenters. The number of nitrogens with zero attached hydrogens (tertiary/aromatic N) is 3. The number of hydrogen-bond acceptors (Lipinski definition) is 7. The molecule has 1 N–H and O–H groups in total. The Morgan fingerprint density at radius 3 is 3.00 bits per heavy atom. The molecule has 2 heterocycles. The first-order valence-electron chi connectivity index (χ1n) is 9.49. The molecule has 1 aliphatic carbocycles. The number of carbonyl (C=O) groups excluding carboxylic acids is 1. The first-order valence-corrected chi connectivity index (χ1v) is 10.3. The third-order valence-corrected chi connectivity index (χ3v) is 6.43. The number of ether oxygens (including phenoxy) is 1. The van der Waals surface area contributed by atoms with Crippen LogP contribution in [0.1, 0.15) is 23.8 Å². The van der Waals surface area contributed by atoms with Gasteiger partial charge in [0.05, 0.1) is 29.8 Å². The average Bonchev–Trinajstić information content (AvgIpc) is 3.08. The standard InChI is InChI=1S/C20H20N4O5S/c1-11-3-5-13-16(7-11)30-19-18(13)20(26)23(10-21-19)9-17(25)22-14-6-4-12(29-2)8-15(14)24(27)28/h4,6,8,10-11H,3,5,7,9H2,1-2H3,(H,22,25)/t11-/m1/s1. The summed E-state index contributed by atoms with van der Waals surface area (Å²) in [5.41, 5.74) is 0.539.